The van der Waals surface area contributed by atoms with Gasteiger partial charge in [-0.3, -0.25) is 32.5 Å². The summed E-state index contributed by atoms with van der Waals surface area (Å²) in [4.78, 5) is 83.5. The molecule has 2 fully saturated rings. The van der Waals surface area contributed by atoms with Gasteiger partial charge in [0.05, 0.1) is 25.9 Å². The zero-order valence-corrected chi connectivity index (χ0v) is 30.9. The number of aliphatic hydroxyl groups is 2. The number of anilines is 2. The van der Waals surface area contributed by atoms with Gasteiger partial charge in [-0.1, -0.05) is 0 Å². The molecule has 2 aliphatic heterocycles. The van der Waals surface area contributed by atoms with E-state index in [1.165, 1.54) is 10.9 Å². The highest BCUT2D eigenvalue weighted by Crippen LogP contribution is 2.61. The molecule has 34 heteroatoms. The minimum Gasteiger partial charge on any atom is -0.387 e. The third kappa shape index (κ3) is 9.03. The number of rotatable bonds is 15. The van der Waals surface area contributed by atoms with Crippen LogP contribution < -0.4 is 21.9 Å². The molecule has 6 heterocycles. The molecule has 0 bridgehead atoms. The number of nitrogens with two attached hydrogens (primary N) is 2. The van der Waals surface area contributed by atoms with Crippen molar-refractivity contribution in [2.24, 2.45) is 0 Å². The summed E-state index contributed by atoms with van der Waals surface area (Å²) in [5.41, 5.74) is 10.6. The first-order valence-corrected chi connectivity index (χ1v) is 21.1. The number of aromatic amines is 1. The predicted octanol–water partition coefficient (Wildman–Crippen LogP) is -2.93. The number of nitrogens with zero attached hydrogens (tertiary/aromatic N) is 7. The topological polar surface area (TPSA) is 446 Å². The lowest BCUT2D eigenvalue weighted by molar-refractivity contribution is -0.0581. The molecule has 304 valence electrons. The number of aliphatic hydroxyl groups excluding tert-OH is 2. The van der Waals surface area contributed by atoms with Crippen molar-refractivity contribution < 1.29 is 85.0 Å². The maximum absolute atomic E-state index is 13.4. The van der Waals surface area contributed by atoms with Crippen LogP contribution in [0.15, 0.2) is 23.8 Å². The van der Waals surface area contributed by atoms with Crippen molar-refractivity contribution in [3.8, 4) is 0 Å². The van der Waals surface area contributed by atoms with Gasteiger partial charge in [-0.05, 0) is 0 Å². The first-order chi connectivity index (χ1) is 25.6. The van der Waals surface area contributed by atoms with E-state index in [4.69, 9.17) is 49.0 Å². The standard InChI is InChI=1S/C21H31N11O19P4/c1-45-14-13(50-54(41,42)46-2-7-11(33)12(34)19(48-7)32-6-27-10-17(32)28-21(23)29-18(10)35)8(3-47-55(43,44)51-53(39,40)30-52(36,37)38)49-20(14)31-5-26-9-15(22)24-4-25-16(9)31/h4-8,11-14,19-20,33-34H,2-3H2,1H3,(H,41,42)(H,43,44)(H2,22,24,25)(H3,23,28,29,35)(H4,30,36,37,38,39,40)/t7-,8?,11-,12-,13-,14-,19-,20-/m1/s1. The lowest BCUT2D eigenvalue weighted by Crippen LogP contribution is -2.38. The number of methoxy groups -OCH3 is 1. The number of aromatic nitrogens is 8. The second-order valence-electron chi connectivity index (χ2n) is 11.5. The van der Waals surface area contributed by atoms with Crippen LogP contribution in [0.2, 0.25) is 0 Å². The van der Waals surface area contributed by atoms with Crippen LogP contribution >= 0.6 is 31.1 Å². The second kappa shape index (κ2) is 15.3. The molecule has 0 spiro atoms. The van der Waals surface area contributed by atoms with Gasteiger partial charge < -0.3 is 60.4 Å². The fraction of sp³-hybridized carbons (Fsp3) is 0.524. The van der Waals surface area contributed by atoms with Crippen molar-refractivity contribution in [2.75, 3.05) is 31.8 Å². The summed E-state index contributed by atoms with van der Waals surface area (Å²) < 4.78 is 87.6. The molecule has 55 heavy (non-hydrogen) atoms. The molecule has 30 nitrogen and oxygen atoms in total. The predicted molar refractivity (Wildman–Crippen MR) is 175 cm³/mol. The molecule has 13 N–H and O–H groups in total. The molecule has 0 saturated carbocycles. The van der Waals surface area contributed by atoms with E-state index in [0.717, 1.165) is 29.2 Å². The van der Waals surface area contributed by atoms with E-state index in [1.54, 1.807) is 0 Å². The summed E-state index contributed by atoms with van der Waals surface area (Å²) >= 11 is 0. The highest BCUT2D eigenvalue weighted by molar-refractivity contribution is 7.70. The molecule has 0 aliphatic carbocycles. The number of nitrogen functional groups attached to an aromatic ring is 2. The first kappa shape index (κ1) is 41.5. The monoisotopic (exact) mass is 865 g/mol. The van der Waals surface area contributed by atoms with Crippen LogP contribution in [0.4, 0.5) is 11.8 Å². The average Bonchev–Trinajstić information content (AvgIpc) is 3.82. The third-order valence-electron chi connectivity index (χ3n) is 7.81. The summed E-state index contributed by atoms with van der Waals surface area (Å²) in [6.45, 7) is -2.09. The van der Waals surface area contributed by atoms with Crippen LogP contribution in [0, 0.1) is 0 Å². The molecular weight excluding hydrogens is 834 g/mol. The lowest BCUT2D eigenvalue weighted by Gasteiger charge is -2.26. The second-order valence-corrected chi connectivity index (χ2v) is 17.7. The van der Waals surface area contributed by atoms with E-state index in [0.29, 0.717) is 0 Å². The van der Waals surface area contributed by atoms with E-state index in [1.807, 2.05) is 0 Å². The molecule has 6 rings (SSSR count). The zero-order chi connectivity index (χ0) is 40.2. The Kier molecular flexibility index (Phi) is 11.5. The third-order valence-corrected chi connectivity index (χ3v) is 13.0. The molecule has 4 unspecified atom stereocenters. The fourth-order valence-corrected chi connectivity index (χ4v) is 9.99. The normalized spacial score (nSPS) is 29.4. The number of phosphoric acid groups is 2. The summed E-state index contributed by atoms with van der Waals surface area (Å²) in [6, 6.07) is 0. The Morgan fingerprint density at radius 2 is 1.45 bits per heavy atom. The van der Waals surface area contributed by atoms with E-state index in [-0.39, 0.29) is 34.1 Å². The maximum atomic E-state index is 13.4. The molecule has 2 saturated heterocycles. The van der Waals surface area contributed by atoms with Crippen LogP contribution in [0.3, 0.4) is 0 Å². The van der Waals surface area contributed by atoms with E-state index < -0.39 is 99.0 Å². The Balaban J connectivity index is 1.21. The van der Waals surface area contributed by atoms with Crippen LogP contribution in [0.5, 0.6) is 0 Å². The number of H-pyrrole nitrogens is 1. The van der Waals surface area contributed by atoms with Gasteiger partial charge in [0.1, 0.15) is 48.5 Å². The summed E-state index contributed by atoms with van der Waals surface area (Å²) in [5, 5.41) is 21.4. The van der Waals surface area contributed by atoms with Crippen LogP contribution in [0.25, 0.3) is 22.3 Å². The first-order valence-electron chi connectivity index (χ1n) is 15.0. The maximum Gasteiger partial charge on any atom is 0.480 e. The number of hydrogen-bond acceptors (Lipinski definition) is 21. The minimum absolute atomic E-state index is 0.0497. The summed E-state index contributed by atoms with van der Waals surface area (Å²) in [5.74, 6) is -0.341. The number of hydrogen-bond donors (Lipinski definition) is 11. The Morgan fingerprint density at radius 3 is 2.13 bits per heavy atom. The highest BCUT2D eigenvalue weighted by Gasteiger charge is 2.52. The van der Waals surface area contributed by atoms with Gasteiger partial charge in [0.15, 0.2) is 35.1 Å². The molecule has 11 atom stereocenters. The fourth-order valence-electron chi connectivity index (χ4n) is 5.59. The van der Waals surface area contributed by atoms with E-state index in [9.17, 15) is 47.9 Å². The quantitative estimate of drug-likeness (QED) is 0.0533. The van der Waals surface area contributed by atoms with Gasteiger partial charge >= 0.3 is 31.1 Å². The number of nitrogens with one attached hydrogen (secondary N) is 2. The van der Waals surface area contributed by atoms with Crippen LogP contribution in [-0.4, -0.2) is 131 Å². The van der Waals surface area contributed by atoms with Crippen molar-refractivity contribution in [1.29, 1.82) is 0 Å². The SMILES string of the molecule is CO[C@@H]1[C@H](OP(=O)(O)OC[C@H]2O[C@@H](n3cnc4c(=O)[nH]c(N)nc43)[C@H](O)[C@@H]2O)C(COP(=O)(O)OP(=O)(O)NP(=O)(O)O)O[C@H]1n1cnc2c(N)ncnc21. The Bertz CT molecular complexity index is 2320. The van der Waals surface area contributed by atoms with Crippen molar-refractivity contribution >= 4 is 65.2 Å². The van der Waals surface area contributed by atoms with Gasteiger partial charge in [0.2, 0.25) is 5.95 Å². The summed E-state index contributed by atoms with van der Waals surface area (Å²) in [7, 11) is -21.1. The Labute approximate surface area is 304 Å². The van der Waals surface area contributed by atoms with E-state index in [2.05, 4.69) is 34.2 Å². The van der Waals surface area contributed by atoms with E-state index >= 15 is 0 Å². The molecule has 0 radical (unpaired) electrons. The smallest absolute Gasteiger partial charge is 0.387 e. The lowest BCUT2D eigenvalue weighted by atomic mass is 10.1. The van der Waals surface area contributed by atoms with Gasteiger partial charge in [-0.25, -0.2) is 38.2 Å². The van der Waals surface area contributed by atoms with Gasteiger partial charge in [0.25, 0.3) is 5.56 Å². The number of imidazole rings is 2. The van der Waals surface area contributed by atoms with Crippen molar-refractivity contribution in [3.05, 3.63) is 29.3 Å². The van der Waals surface area contributed by atoms with Gasteiger partial charge in [0, 0.05) is 7.11 Å². The molecule has 0 amide bonds. The molecule has 4 aromatic heterocycles. The van der Waals surface area contributed by atoms with Crippen molar-refractivity contribution in [1.82, 2.24) is 43.9 Å². The zero-order valence-electron chi connectivity index (χ0n) is 27.4. The average molecular weight is 865 g/mol. The summed E-state index contributed by atoms with van der Waals surface area (Å²) in [6.07, 6.45) is -9.54. The van der Waals surface area contributed by atoms with Crippen LogP contribution in [0.1, 0.15) is 12.5 Å². The molecule has 2 aliphatic rings. The van der Waals surface area contributed by atoms with Gasteiger partial charge in [-0.15, -0.1) is 4.86 Å². The van der Waals surface area contributed by atoms with Crippen LogP contribution in [-0.2, 0) is 50.4 Å². The largest absolute Gasteiger partial charge is 0.480 e. The number of fused-ring (bicyclic) bond motifs is 2. The van der Waals surface area contributed by atoms with Crippen molar-refractivity contribution in [2.45, 2.75) is 49.1 Å². The molecular formula is C21H31N11O19P4. The molecule has 0 aromatic carbocycles. The van der Waals surface area contributed by atoms with Gasteiger partial charge in [-0.2, -0.15) is 9.29 Å². The van der Waals surface area contributed by atoms with Crippen molar-refractivity contribution in [3.63, 3.8) is 0 Å². The Hall–Kier alpha value is -3.18. The molecule has 4 aromatic rings. The highest BCUT2D eigenvalue weighted by atomic mass is 31.3. The number of phosphoric ester groups is 2. The number of ether oxygens (including phenoxy) is 3. The minimum atomic E-state index is -5.69. The Morgan fingerprint density at radius 1 is 0.836 bits per heavy atom.